The summed E-state index contributed by atoms with van der Waals surface area (Å²) < 4.78 is 0. The standard InChI is InChI=1S/C14H17N3OS/c15-10-14(6-7-14)12(18)17(13-16-8-9-19-13)11-4-2-1-3-5-11/h8-9,11H,1-7H2. The van der Waals surface area contributed by atoms with Gasteiger partial charge in [-0.15, -0.1) is 11.3 Å². The van der Waals surface area contributed by atoms with E-state index in [1.54, 1.807) is 6.20 Å². The maximum atomic E-state index is 12.7. The third kappa shape index (κ3) is 2.25. The van der Waals surface area contributed by atoms with Crippen molar-refractivity contribution in [1.82, 2.24) is 4.98 Å². The molecule has 0 unspecified atom stereocenters. The Morgan fingerprint density at radius 1 is 1.42 bits per heavy atom. The normalized spacial score (nSPS) is 21.6. The predicted octanol–water partition coefficient (Wildman–Crippen LogP) is 3.11. The summed E-state index contributed by atoms with van der Waals surface area (Å²) in [6, 6.07) is 2.45. The van der Waals surface area contributed by atoms with Crippen molar-refractivity contribution in [3.05, 3.63) is 11.6 Å². The molecular weight excluding hydrogens is 258 g/mol. The van der Waals surface area contributed by atoms with Crippen molar-refractivity contribution in [3.63, 3.8) is 0 Å². The number of nitriles is 1. The average Bonchev–Trinajstić information content (AvgIpc) is 3.09. The zero-order valence-corrected chi connectivity index (χ0v) is 11.7. The molecule has 2 aliphatic carbocycles. The van der Waals surface area contributed by atoms with Gasteiger partial charge in [0.25, 0.3) is 0 Å². The fraction of sp³-hybridized carbons (Fsp3) is 0.643. The highest BCUT2D eigenvalue weighted by Gasteiger charge is 2.54. The molecule has 1 aromatic rings. The van der Waals surface area contributed by atoms with E-state index in [2.05, 4.69) is 11.1 Å². The number of anilines is 1. The van der Waals surface area contributed by atoms with E-state index in [9.17, 15) is 10.1 Å². The molecule has 19 heavy (non-hydrogen) atoms. The zero-order chi connectivity index (χ0) is 13.3. The summed E-state index contributed by atoms with van der Waals surface area (Å²) in [5, 5.41) is 11.9. The highest BCUT2D eigenvalue weighted by atomic mass is 32.1. The van der Waals surface area contributed by atoms with Crippen molar-refractivity contribution in [2.75, 3.05) is 4.90 Å². The van der Waals surface area contributed by atoms with E-state index in [1.165, 1.54) is 30.6 Å². The van der Waals surface area contributed by atoms with E-state index >= 15 is 0 Å². The number of carbonyl (C=O) groups is 1. The Balaban J connectivity index is 1.88. The van der Waals surface area contributed by atoms with E-state index in [0.717, 1.165) is 18.0 Å². The molecule has 0 saturated heterocycles. The Labute approximate surface area is 117 Å². The molecule has 0 N–H and O–H groups in total. The van der Waals surface area contributed by atoms with Crippen molar-refractivity contribution >= 4 is 22.4 Å². The first-order valence-electron chi connectivity index (χ1n) is 6.91. The molecule has 4 nitrogen and oxygen atoms in total. The highest BCUT2D eigenvalue weighted by molar-refractivity contribution is 7.13. The monoisotopic (exact) mass is 275 g/mol. The van der Waals surface area contributed by atoms with Gasteiger partial charge in [-0.05, 0) is 25.7 Å². The molecule has 0 atom stereocenters. The molecule has 0 bridgehead atoms. The molecule has 0 spiro atoms. The topological polar surface area (TPSA) is 57.0 Å². The van der Waals surface area contributed by atoms with E-state index in [-0.39, 0.29) is 11.9 Å². The summed E-state index contributed by atoms with van der Waals surface area (Å²) >= 11 is 1.49. The fourth-order valence-electron chi connectivity index (χ4n) is 2.81. The lowest BCUT2D eigenvalue weighted by Crippen LogP contribution is -2.45. The minimum atomic E-state index is -0.747. The molecule has 2 aliphatic rings. The molecule has 2 fully saturated rings. The molecule has 5 heteroatoms. The van der Waals surface area contributed by atoms with Crippen molar-refractivity contribution in [3.8, 4) is 6.07 Å². The zero-order valence-electron chi connectivity index (χ0n) is 10.8. The van der Waals surface area contributed by atoms with Crippen LogP contribution in [0.1, 0.15) is 44.9 Å². The second-order valence-corrected chi connectivity index (χ2v) is 6.35. The van der Waals surface area contributed by atoms with E-state index < -0.39 is 5.41 Å². The van der Waals surface area contributed by atoms with Crippen LogP contribution in [0.2, 0.25) is 0 Å². The maximum Gasteiger partial charge on any atom is 0.249 e. The van der Waals surface area contributed by atoms with Crippen molar-refractivity contribution in [2.45, 2.75) is 51.0 Å². The Hall–Kier alpha value is -1.41. The van der Waals surface area contributed by atoms with Gasteiger partial charge in [0.1, 0.15) is 5.41 Å². The molecular formula is C14H17N3OS. The Kier molecular flexibility index (Phi) is 3.28. The smallest absolute Gasteiger partial charge is 0.249 e. The van der Waals surface area contributed by atoms with Gasteiger partial charge in [0.05, 0.1) is 6.07 Å². The number of carbonyl (C=O) groups excluding carboxylic acids is 1. The van der Waals surface area contributed by atoms with Crippen LogP contribution in [0.5, 0.6) is 0 Å². The van der Waals surface area contributed by atoms with Gasteiger partial charge >= 0.3 is 0 Å². The summed E-state index contributed by atoms with van der Waals surface area (Å²) in [5.74, 6) is -0.0168. The van der Waals surface area contributed by atoms with Crippen LogP contribution >= 0.6 is 11.3 Å². The average molecular weight is 275 g/mol. The maximum absolute atomic E-state index is 12.7. The van der Waals surface area contributed by atoms with E-state index in [4.69, 9.17) is 0 Å². The Bertz CT molecular complexity index is 495. The van der Waals surface area contributed by atoms with Crippen molar-refractivity contribution < 1.29 is 4.79 Å². The Morgan fingerprint density at radius 3 is 2.68 bits per heavy atom. The van der Waals surface area contributed by atoms with Crippen LogP contribution in [-0.4, -0.2) is 16.9 Å². The van der Waals surface area contributed by atoms with Gasteiger partial charge in [-0.25, -0.2) is 4.98 Å². The molecule has 0 aromatic carbocycles. The number of hydrogen-bond acceptors (Lipinski definition) is 4. The lowest BCUT2D eigenvalue weighted by Gasteiger charge is -2.33. The SMILES string of the molecule is N#CC1(C(=O)N(c2nccs2)C2CCCCC2)CC1. The van der Waals surface area contributed by atoms with Crippen LogP contribution in [0.4, 0.5) is 5.13 Å². The molecule has 100 valence electrons. The van der Waals surface area contributed by atoms with Crippen LogP contribution in [-0.2, 0) is 4.79 Å². The number of thiazole rings is 1. The second-order valence-electron chi connectivity index (χ2n) is 5.48. The van der Waals surface area contributed by atoms with Gasteiger partial charge in [-0.2, -0.15) is 5.26 Å². The largest absolute Gasteiger partial charge is 0.284 e. The van der Waals surface area contributed by atoms with Crippen molar-refractivity contribution in [1.29, 1.82) is 5.26 Å². The number of rotatable bonds is 3. The molecule has 1 heterocycles. The summed E-state index contributed by atoms with van der Waals surface area (Å²) in [5.41, 5.74) is -0.747. The summed E-state index contributed by atoms with van der Waals surface area (Å²) in [6.07, 6.45) is 8.79. The number of nitrogens with zero attached hydrogens (tertiary/aromatic N) is 3. The second kappa shape index (κ2) is 4.93. The van der Waals surface area contributed by atoms with Crippen molar-refractivity contribution in [2.24, 2.45) is 5.41 Å². The van der Waals surface area contributed by atoms with E-state index in [1.807, 2.05) is 10.3 Å². The quantitative estimate of drug-likeness (QED) is 0.851. The van der Waals surface area contributed by atoms with Crippen LogP contribution in [0.25, 0.3) is 0 Å². The van der Waals surface area contributed by atoms with Gasteiger partial charge in [0.2, 0.25) is 5.91 Å². The Morgan fingerprint density at radius 2 is 2.16 bits per heavy atom. The molecule has 1 aromatic heterocycles. The van der Waals surface area contributed by atoms with Crippen LogP contribution < -0.4 is 4.90 Å². The van der Waals surface area contributed by atoms with Gasteiger partial charge in [0, 0.05) is 17.6 Å². The molecule has 3 rings (SSSR count). The predicted molar refractivity (Wildman–Crippen MR) is 73.8 cm³/mol. The van der Waals surface area contributed by atoms with Crippen LogP contribution in [0, 0.1) is 16.7 Å². The van der Waals surface area contributed by atoms with Gasteiger partial charge < -0.3 is 0 Å². The van der Waals surface area contributed by atoms with Gasteiger partial charge in [-0.1, -0.05) is 19.3 Å². The number of amides is 1. The third-order valence-electron chi connectivity index (χ3n) is 4.16. The minimum Gasteiger partial charge on any atom is -0.284 e. The molecule has 0 aliphatic heterocycles. The first kappa shape index (κ1) is 12.6. The first-order chi connectivity index (χ1) is 9.27. The summed E-state index contributed by atoms with van der Waals surface area (Å²) in [7, 11) is 0. The summed E-state index contributed by atoms with van der Waals surface area (Å²) in [6.45, 7) is 0. The van der Waals surface area contributed by atoms with Crippen LogP contribution in [0.3, 0.4) is 0 Å². The molecule has 2 saturated carbocycles. The molecule has 0 radical (unpaired) electrons. The third-order valence-corrected chi connectivity index (χ3v) is 4.93. The van der Waals surface area contributed by atoms with E-state index in [0.29, 0.717) is 12.8 Å². The minimum absolute atomic E-state index is 0.0168. The van der Waals surface area contributed by atoms with Gasteiger partial charge in [-0.3, -0.25) is 9.69 Å². The highest BCUT2D eigenvalue weighted by Crippen LogP contribution is 2.48. The lowest BCUT2D eigenvalue weighted by atomic mass is 9.93. The lowest BCUT2D eigenvalue weighted by molar-refractivity contribution is -0.122. The first-order valence-corrected chi connectivity index (χ1v) is 7.79. The van der Waals surface area contributed by atoms with Gasteiger partial charge in [0.15, 0.2) is 5.13 Å². The number of aromatic nitrogens is 1. The number of hydrogen-bond donors (Lipinski definition) is 0. The summed E-state index contributed by atoms with van der Waals surface area (Å²) in [4.78, 5) is 18.9. The molecule has 1 amide bonds. The fourth-order valence-corrected chi connectivity index (χ4v) is 3.52. The van der Waals surface area contributed by atoms with Crippen LogP contribution in [0.15, 0.2) is 11.6 Å².